The van der Waals surface area contributed by atoms with Crippen LogP contribution in [0.15, 0.2) is 48.5 Å². The van der Waals surface area contributed by atoms with Crippen LogP contribution in [-0.4, -0.2) is 5.78 Å². The van der Waals surface area contributed by atoms with E-state index in [1.165, 1.54) is 6.07 Å². The summed E-state index contributed by atoms with van der Waals surface area (Å²) in [7, 11) is 0. The van der Waals surface area contributed by atoms with E-state index in [0.717, 1.165) is 11.1 Å². The van der Waals surface area contributed by atoms with Crippen molar-refractivity contribution in [3.05, 3.63) is 71.0 Å². The van der Waals surface area contributed by atoms with Crippen LogP contribution in [0.3, 0.4) is 0 Å². The number of carbonyl (C=O) groups is 1. The molecule has 110 valence electrons. The smallest absolute Gasteiger partial charge is 0.136 e. The maximum Gasteiger partial charge on any atom is 0.136 e. The molecule has 0 radical (unpaired) electrons. The molecule has 0 saturated heterocycles. The van der Waals surface area contributed by atoms with Crippen LogP contribution in [0.1, 0.15) is 43.4 Å². The topological polar surface area (TPSA) is 17.1 Å². The van der Waals surface area contributed by atoms with Crippen molar-refractivity contribution in [1.82, 2.24) is 0 Å². The lowest BCUT2D eigenvalue weighted by Crippen LogP contribution is -2.31. The summed E-state index contributed by atoms with van der Waals surface area (Å²) in [4.78, 5) is 12.1. The second-order valence-corrected chi connectivity index (χ2v) is 6.15. The predicted octanol–water partition coefficient (Wildman–Crippen LogP) is 4.88. The number of hydrogen-bond acceptors (Lipinski definition) is 1. The number of benzene rings is 2. The molecule has 0 N–H and O–H groups in total. The molecular formula is C19H21FO. The van der Waals surface area contributed by atoms with E-state index in [-0.39, 0.29) is 17.5 Å². The van der Waals surface area contributed by atoms with Crippen LogP contribution >= 0.6 is 0 Å². The summed E-state index contributed by atoms with van der Waals surface area (Å²) < 4.78 is 14.5. The number of rotatable bonds is 4. The molecule has 1 unspecified atom stereocenters. The molecule has 0 aromatic heterocycles. The highest BCUT2D eigenvalue weighted by molar-refractivity contribution is 5.83. The zero-order chi connectivity index (χ0) is 15.6. The normalized spacial score (nSPS) is 13.0. The Morgan fingerprint density at radius 2 is 1.71 bits per heavy atom. The quantitative estimate of drug-likeness (QED) is 0.782. The second-order valence-electron chi connectivity index (χ2n) is 6.15. The van der Waals surface area contributed by atoms with E-state index in [2.05, 4.69) is 0 Å². The van der Waals surface area contributed by atoms with Gasteiger partial charge in [0, 0.05) is 11.3 Å². The van der Waals surface area contributed by atoms with E-state index in [4.69, 9.17) is 0 Å². The van der Waals surface area contributed by atoms with Crippen molar-refractivity contribution < 1.29 is 9.18 Å². The molecular weight excluding hydrogens is 263 g/mol. The average molecular weight is 284 g/mol. The molecule has 0 aliphatic heterocycles. The van der Waals surface area contributed by atoms with Crippen LogP contribution < -0.4 is 0 Å². The van der Waals surface area contributed by atoms with Gasteiger partial charge >= 0.3 is 0 Å². The summed E-state index contributed by atoms with van der Waals surface area (Å²) in [5.41, 5.74) is 1.74. The van der Waals surface area contributed by atoms with Gasteiger partial charge in [-0.15, -0.1) is 0 Å². The molecule has 21 heavy (non-hydrogen) atoms. The minimum atomic E-state index is -0.669. The lowest BCUT2D eigenvalue weighted by Gasteiger charge is -2.33. The molecule has 0 heterocycles. The molecule has 0 amide bonds. The number of Topliss-reactive ketones (excluding diaryl/α,β-unsaturated/α-hetero) is 1. The molecule has 0 fully saturated rings. The van der Waals surface area contributed by atoms with Crippen molar-refractivity contribution in [2.75, 3.05) is 0 Å². The number of halogens is 1. The van der Waals surface area contributed by atoms with Crippen LogP contribution in [-0.2, 0) is 4.79 Å². The van der Waals surface area contributed by atoms with E-state index in [1.54, 1.807) is 13.0 Å². The Bertz CT molecular complexity index is 644. The minimum Gasteiger partial charge on any atom is -0.299 e. The Kier molecular flexibility index (Phi) is 4.26. The predicted molar refractivity (Wildman–Crippen MR) is 83.9 cm³/mol. The van der Waals surface area contributed by atoms with Gasteiger partial charge in [0.05, 0.1) is 0 Å². The van der Waals surface area contributed by atoms with E-state index in [1.807, 2.05) is 57.2 Å². The Morgan fingerprint density at radius 3 is 2.24 bits per heavy atom. The monoisotopic (exact) mass is 284 g/mol. The number of carbonyl (C=O) groups excluding carboxylic acids is 1. The lowest BCUT2D eigenvalue weighted by molar-refractivity contribution is -0.125. The van der Waals surface area contributed by atoms with Gasteiger partial charge < -0.3 is 0 Å². The van der Waals surface area contributed by atoms with Gasteiger partial charge in [0.1, 0.15) is 11.6 Å². The summed E-state index contributed by atoms with van der Waals surface area (Å²) in [6, 6.07) is 14.9. The van der Waals surface area contributed by atoms with Gasteiger partial charge in [-0.2, -0.15) is 0 Å². The van der Waals surface area contributed by atoms with Crippen LogP contribution in [0.4, 0.5) is 4.39 Å². The molecule has 1 atom stereocenters. The van der Waals surface area contributed by atoms with Gasteiger partial charge in [-0.25, -0.2) is 4.39 Å². The van der Waals surface area contributed by atoms with Crippen LogP contribution in [0, 0.1) is 18.2 Å². The lowest BCUT2D eigenvalue weighted by atomic mass is 9.69. The molecule has 1 nitrogen and oxygen atoms in total. The summed E-state index contributed by atoms with van der Waals surface area (Å²) in [5.74, 6) is -0.494. The highest BCUT2D eigenvalue weighted by atomic mass is 19.1. The van der Waals surface area contributed by atoms with Gasteiger partial charge in [-0.3, -0.25) is 4.79 Å². The molecule has 0 saturated carbocycles. The van der Waals surface area contributed by atoms with E-state index in [9.17, 15) is 9.18 Å². The number of hydrogen-bond donors (Lipinski definition) is 0. The maximum absolute atomic E-state index is 14.5. The first kappa shape index (κ1) is 15.4. The van der Waals surface area contributed by atoms with Crippen molar-refractivity contribution in [2.24, 2.45) is 5.41 Å². The molecule has 0 bridgehead atoms. The fraction of sp³-hybridized carbons (Fsp3) is 0.316. The van der Waals surface area contributed by atoms with Gasteiger partial charge in [0.15, 0.2) is 0 Å². The zero-order valence-corrected chi connectivity index (χ0v) is 13.0. The Balaban J connectivity index is 2.64. The van der Waals surface area contributed by atoms with Gasteiger partial charge in [-0.05, 0) is 36.6 Å². The first-order valence-corrected chi connectivity index (χ1v) is 7.16. The zero-order valence-electron chi connectivity index (χ0n) is 13.0. The molecule has 2 rings (SSSR count). The van der Waals surface area contributed by atoms with Crippen molar-refractivity contribution >= 4 is 5.78 Å². The van der Waals surface area contributed by atoms with Crippen molar-refractivity contribution in [3.63, 3.8) is 0 Å². The molecule has 0 aliphatic carbocycles. The number of ketones is 1. The first-order chi connectivity index (χ1) is 9.84. The molecule has 0 spiro atoms. The highest BCUT2D eigenvalue weighted by Crippen LogP contribution is 2.42. The maximum atomic E-state index is 14.5. The first-order valence-electron chi connectivity index (χ1n) is 7.16. The summed E-state index contributed by atoms with van der Waals surface area (Å²) in [6.45, 7) is 7.20. The molecule has 2 aromatic rings. The third-order valence-corrected chi connectivity index (χ3v) is 4.23. The Hall–Kier alpha value is -1.96. The third kappa shape index (κ3) is 3.05. The van der Waals surface area contributed by atoms with E-state index >= 15 is 0 Å². The third-order valence-electron chi connectivity index (χ3n) is 4.23. The second kappa shape index (κ2) is 5.80. The van der Waals surface area contributed by atoms with Crippen LogP contribution in [0.2, 0.25) is 0 Å². The van der Waals surface area contributed by atoms with Crippen LogP contribution in [0.5, 0.6) is 0 Å². The summed E-state index contributed by atoms with van der Waals surface area (Å²) >= 11 is 0. The highest BCUT2D eigenvalue weighted by Gasteiger charge is 2.37. The van der Waals surface area contributed by atoms with Gasteiger partial charge in [0.2, 0.25) is 0 Å². The Morgan fingerprint density at radius 1 is 1.10 bits per heavy atom. The summed E-state index contributed by atoms with van der Waals surface area (Å²) in [6.07, 6.45) is 0. The summed E-state index contributed by atoms with van der Waals surface area (Å²) in [5, 5.41) is 0. The molecule has 2 aromatic carbocycles. The Labute approximate surface area is 125 Å². The largest absolute Gasteiger partial charge is 0.299 e. The molecule has 2 heteroatoms. The fourth-order valence-corrected chi connectivity index (χ4v) is 2.70. The van der Waals surface area contributed by atoms with Crippen molar-refractivity contribution in [1.29, 1.82) is 0 Å². The van der Waals surface area contributed by atoms with Crippen molar-refractivity contribution in [2.45, 2.75) is 33.6 Å². The van der Waals surface area contributed by atoms with Gasteiger partial charge in [0.25, 0.3) is 0 Å². The molecule has 0 aliphatic rings. The average Bonchev–Trinajstić information content (AvgIpc) is 2.42. The van der Waals surface area contributed by atoms with E-state index in [0.29, 0.717) is 5.56 Å². The number of aryl methyl sites for hydroxylation is 1. The SMILES string of the molecule is CC(=O)C(C)(C)C(c1ccccc1)c1ccc(C)cc1F. The van der Waals surface area contributed by atoms with Gasteiger partial charge in [-0.1, -0.05) is 56.3 Å². The van der Waals surface area contributed by atoms with Crippen LogP contribution in [0.25, 0.3) is 0 Å². The van der Waals surface area contributed by atoms with Crippen molar-refractivity contribution in [3.8, 4) is 0 Å². The van der Waals surface area contributed by atoms with E-state index < -0.39 is 5.41 Å². The standard InChI is InChI=1S/C19H21FO/c1-13-10-11-16(17(20)12-13)18(19(3,4)14(2)21)15-8-6-5-7-9-15/h5-12,18H,1-4H3. The fourth-order valence-electron chi connectivity index (χ4n) is 2.70. The minimum absolute atomic E-state index is 0.0522.